The zero-order valence-electron chi connectivity index (χ0n) is 15.4. The molecular formula is C21H22Cl3N3O. The maximum absolute atomic E-state index is 12.4. The summed E-state index contributed by atoms with van der Waals surface area (Å²) in [7, 11) is 0. The number of halogens is 3. The molecule has 0 aliphatic carbocycles. The average Bonchev–Trinajstić information content (AvgIpc) is 2.67. The van der Waals surface area contributed by atoms with E-state index >= 15 is 0 Å². The van der Waals surface area contributed by atoms with Crippen LogP contribution in [0, 0.1) is 0 Å². The summed E-state index contributed by atoms with van der Waals surface area (Å²) < 4.78 is 0. The molecule has 1 N–H and O–H groups in total. The Morgan fingerprint density at radius 1 is 0.964 bits per heavy atom. The molecule has 2 aromatic carbocycles. The third-order valence-electron chi connectivity index (χ3n) is 4.58. The largest absolute Gasteiger partial charge is 0.322 e. The minimum absolute atomic E-state index is 0.136. The number of amides is 1. The van der Waals surface area contributed by atoms with Crippen molar-refractivity contribution in [3.63, 3.8) is 0 Å². The van der Waals surface area contributed by atoms with Gasteiger partial charge in [0.2, 0.25) is 5.91 Å². The highest BCUT2D eigenvalue weighted by atomic mass is 35.5. The maximum Gasteiger partial charge on any atom is 0.238 e. The van der Waals surface area contributed by atoms with E-state index in [1.165, 1.54) is 5.56 Å². The van der Waals surface area contributed by atoms with E-state index in [2.05, 4.69) is 39.4 Å². The molecule has 1 heterocycles. The molecule has 1 aliphatic heterocycles. The van der Waals surface area contributed by atoms with Gasteiger partial charge in [-0.05, 0) is 17.7 Å². The van der Waals surface area contributed by atoms with E-state index < -0.39 is 0 Å². The van der Waals surface area contributed by atoms with Gasteiger partial charge in [0.05, 0.1) is 22.3 Å². The molecule has 1 fully saturated rings. The molecule has 0 atom stereocenters. The highest BCUT2D eigenvalue weighted by Gasteiger charge is 2.19. The number of nitrogens with one attached hydrogen (secondary N) is 1. The topological polar surface area (TPSA) is 35.6 Å². The van der Waals surface area contributed by atoms with E-state index in [0.29, 0.717) is 27.3 Å². The first-order valence-electron chi connectivity index (χ1n) is 9.12. The fraction of sp³-hybridized carbons (Fsp3) is 0.286. The lowest BCUT2D eigenvalue weighted by atomic mass is 10.2. The first-order valence-corrected chi connectivity index (χ1v) is 10.3. The SMILES string of the molecule is O=C(CN1CCN(C/C=C/c2ccccc2)CC1)Nc1c(Cl)cc(Cl)cc1Cl. The van der Waals surface area contributed by atoms with Gasteiger partial charge >= 0.3 is 0 Å². The summed E-state index contributed by atoms with van der Waals surface area (Å²) in [5, 5.41) is 3.89. The van der Waals surface area contributed by atoms with Gasteiger partial charge in [-0.3, -0.25) is 14.6 Å². The number of piperazine rings is 1. The van der Waals surface area contributed by atoms with Crippen LogP contribution >= 0.6 is 34.8 Å². The van der Waals surface area contributed by atoms with E-state index in [9.17, 15) is 4.79 Å². The molecule has 1 amide bonds. The molecule has 0 aromatic heterocycles. The number of nitrogens with zero attached hydrogens (tertiary/aromatic N) is 2. The van der Waals surface area contributed by atoms with Crippen LogP contribution in [0.3, 0.4) is 0 Å². The van der Waals surface area contributed by atoms with Crippen molar-refractivity contribution in [3.8, 4) is 0 Å². The Labute approximate surface area is 180 Å². The Balaban J connectivity index is 1.43. The summed E-state index contributed by atoms with van der Waals surface area (Å²) in [5.74, 6) is -0.136. The molecule has 0 radical (unpaired) electrons. The van der Waals surface area contributed by atoms with Gasteiger partial charge in [-0.15, -0.1) is 0 Å². The lowest BCUT2D eigenvalue weighted by molar-refractivity contribution is -0.117. The van der Waals surface area contributed by atoms with E-state index in [4.69, 9.17) is 34.8 Å². The van der Waals surface area contributed by atoms with Crippen molar-refractivity contribution in [2.45, 2.75) is 0 Å². The summed E-state index contributed by atoms with van der Waals surface area (Å²) in [6, 6.07) is 13.4. The molecule has 3 rings (SSSR count). The zero-order chi connectivity index (χ0) is 19.9. The van der Waals surface area contributed by atoms with Crippen molar-refractivity contribution in [2.24, 2.45) is 0 Å². The van der Waals surface area contributed by atoms with Crippen molar-refractivity contribution in [3.05, 3.63) is 69.2 Å². The molecule has 1 saturated heterocycles. The highest BCUT2D eigenvalue weighted by molar-refractivity contribution is 6.42. The zero-order valence-corrected chi connectivity index (χ0v) is 17.6. The van der Waals surface area contributed by atoms with Crippen LogP contribution in [0.5, 0.6) is 0 Å². The van der Waals surface area contributed by atoms with E-state index in [1.807, 2.05) is 18.2 Å². The fourth-order valence-corrected chi connectivity index (χ4v) is 3.99. The smallest absolute Gasteiger partial charge is 0.238 e. The predicted octanol–water partition coefficient (Wildman–Crippen LogP) is 4.92. The number of hydrogen-bond donors (Lipinski definition) is 1. The maximum atomic E-state index is 12.4. The number of carbonyl (C=O) groups excluding carboxylic acids is 1. The van der Waals surface area contributed by atoms with Crippen molar-refractivity contribution < 1.29 is 4.79 Å². The number of rotatable bonds is 6. The second kappa shape index (κ2) is 10.3. The Morgan fingerprint density at radius 2 is 1.57 bits per heavy atom. The van der Waals surface area contributed by atoms with E-state index in [-0.39, 0.29) is 5.91 Å². The van der Waals surface area contributed by atoms with Crippen LogP contribution in [-0.4, -0.2) is 55.0 Å². The van der Waals surface area contributed by atoms with Crippen LogP contribution in [0.4, 0.5) is 5.69 Å². The van der Waals surface area contributed by atoms with Gasteiger partial charge < -0.3 is 5.32 Å². The van der Waals surface area contributed by atoms with Gasteiger partial charge in [-0.25, -0.2) is 0 Å². The van der Waals surface area contributed by atoms with Crippen LogP contribution in [0.2, 0.25) is 15.1 Å². The quantitative estimate of drug-likeness (QED) is 0.695. The summed E-state index contributed by atoms with van der Waals surface area (Å²) in [5.41, 5.74) is 1.61. The first kappa shape index (κ1) is 21.2. The lowest BCUT2D eigenvalue weighted by Crippen LogP contribution is -2.48. The van der Waals surface area contributed by atoms with Crippen LogP contribution in [0.1, 0.15) is 5.56 Å². The normalized spacial score (nSPS) is 15.8. The molecule has 28 heavy (non-hydrogen) atoms. The molecule has 0 saturated carbocycles. The van der Waals surface area contributed by atoms with Crippen LogP contribution in [-0.2, 0) is 4.79 Å². The van der Waals surface area contributed by atoms with Gasteiger partial charge in [0, 0.05) is 37.7 Å². The molecule has 4 nitrogen and oxygen atoms in total. The second-order valence-electron chi connectivity index (χ2n) is 6.68. The van der Waals surface area contributed by atoms with Crippen LogP contribution in [0.15, 0.2) is 48.5 Å². The van der Waals surface area contributed by atoms with Gasteiger partial charge in [0.1, 0.15) is 0 Å². The molecule has 1 aliphatic rings. The average molecular weight is 439 g/mol. The van der Waals surface area contributed by atoms with Crippen molar-refractivity contribution in [1.29, 1.82) is 0 Å². The van der Waals surface area contributed by atoms with Gasteiger partial charge in [0.25, 0.3) is 0 Å². The molecule has 0 bridgehead atoms. The number of carbonyl (C=O) groups is 1. The first-order chi connectivity index (χ1) is 13.5. The Morgan fingerprint density at radius 3 is 2.21 bits per heavy atom. The minimum atomic E-state index is -0.136. The summed E-state index contributed by atoms with van der Waals surface area (Å²) >= 11 is 18.1. The summed E-state index contributed by atoms with van der Waals surface area (Å²) in [6.07, 6.45) is 4.32. The minimum Gasteiger partial charge on any atom is -0.322 e. The molecule has 0 spiro atoms. The number of hydrogen-bond acceptors (Lipinski definition) is 3. The van der Waals surface area contributed by atoms with Gasteiger partial charge in [-0.2, -0.15) is 0 Å². The third-order valence-corrected chi connectivity index (χ3v) is 5.39. The van der Waals surface area contributed by atoms with E-state index in [0.717, 1.165) is 32.7 Å². The van der Waals surface area contributed by atoms with Gasteiger partial charge in [-0.1, -0.05) is 77.3 Å². The fourth-order valence-electron chi connectivity index (χ4n) is 3.08. The van der Waals surface area contributed by atoms with Crippen LogP contribution in [0.25, 0.3) is 6.08 Å². The third kappa shape index (κ3) is 6.23. The van der Waals surface area contributed by atoms with Gasteiger partial charge in [0.15, 0.2) is 0 Å². The standard InChI is InChI=1S/C21H22Cl3N3O/c22-17-13-18(23)21(19(24)14-17)25-20(28)15-27-11-9-26(10-12-27)8-4-7-16-5-2-1-3-6-16/h1-7,13-14H,8-12,15H2,(H,25,28)/b7-4+. The highest BCUT2D eigenvalue weighted by Crippen LogP contribution is 2.33. The number of benzene rings is 2. The van der Waals surface area contributed by atoms with Crippen molar-refractivity contribution in [1.82, 2.24) is 9.80 Å². The van der Waals surface area contributed by atoms with Crippen molar-refractivity contribution in [2.75, 3.05) is 44.6 Å². The monoisotopic (exact) mass is 437 g/mol. The molecule has 7 heteroatoms. The van der Waals surface area contributed by atoms with E-state index in [1.54, 1.807) is 12.1 Å². The summed E-state index contributed by atoms with van der Waals surface area (Å²) in [4.78, 5) is 16.9. The summed E-state index contributed by atoms with van der Waals surface area (Å²) in [6.45, 7) is 4.75. The molecule has 0 unspecified atom stereocenters. The predicted molar refractivity (Wildman–Crippen MR) is 118 cm³/mol. The number of anilines is 1. The Kier molecular flexibility index (Phi) is 7.77. The molecular weight excluding hydrogens is 417 g/mol. The Hall–Kier alpha value is -1.56. The Bertz CT molecular complexity index is 811. The molecule has 2 aromatic rings. The lowest BCUT2D eigenvalue weighted by Gasteiger charge is -2.33. The molecule has 148 valence electrons. The second-order valence-corrected chi connectivity index (χ2v) is 7.93. The van der Waals surface area contributed by atoms with Crippen molar-refractivity contribution >= 4 is 52.5 Å². The van der Waals surface area contributed by atoms with Crippen LogP contribution < -0.4 is 5.32 Å².